The summed E-state index contributed by atoms with van der Waals surface area (Å²) in [4.78, 5) is 19.1. The lowest BCUT2D eigenvalue weighted by molar-refractivity contribution is 0.0726. The van der Waals surface area contributed by atoms with Crippen LogP contribution in [0.15, 0.2) is 30.3 Å². The molecule has 0 spiro atoms. The first-order valence-corrected chi connectivity index (χ1v) is 7.12. The lowest BCUT2D eigenvalue weighted by Crippen LogP contribution is -2.30. The Labute approximate surface area is 123 Å². The van der Waals surface area contributed by atoms with Gasteiger partial charge in [0.15, 0.2) is 0 Å². The van der Waals surface area contributed by atoms with E-state index in [1.165, 1.54) is 0 Å². The number of amides is 1. The summed E-state index contributed by atoms with van der Waals surface area (Å²) in [5, 5.41) is 3.91. The molecule has 1 aromatic heterocycles. The average molecular weight is 285 g/mol. The molecule has 5 heteroatoms. The Balaban J connectivity index is 2.01. The number of anilines is 1. The van der Waals surface area contributed by atoms with Gasteiger partial charge in [0.05, 0.1) is 17.2 Å². The molecule has 1 fully saturated rings. The molecule has 21 heavy (non-hydrogen) atoms. The van der Waals surface area contributed by atoms with Gasteiger partial charge < -0.3 is 15.0 Å². The van der Waals surface area contributed by atoms with Crippen LogP contribution in [-0.2, 0) is 4.74 Å². The maximum Gasteiger partial charge on any atom is 0.254 e. The minimum Gasteiger partial charge on any atom is -0.380 e. The zero-order valence-electron chi connectivity index (χ0n) is 12.3. The first-order chi connectivity index (χ1) is 10.2. The maximum atomic E-state index is 12.8. The molecule has 1 aliphatic rings. The number of carbonyl (C=O) groups is 1. The van der Waals surface area contributed by atoms with Gasteiger partial charge in [0.2, 0.25) is 0 Å². The van der Waals surface area contributed by atoms with Gasteiger partial charge in [-0.1, -0.05) is 18.2 Å². The van der Waals surface area contributed by atoms with E-state index >= 15 is 0 Å². The summed E-state index contributed by atoms with van der Waals surface area (Å²) >= 11 is 0. The van der Waals surface area contributed by atoms with Gasteiger partial charge in [0.1, 0.15) is 5.82 Å². The molecule has 1 saturated heterocycles. The Morgan fingerprint density at radius 2 is 2.24 bits per heavy atom. The van der Waals surface area contributed by atoms with E-state index < -0.39 is 0 Å². The van der Waals surface area contributed by atoms with Gasteiger partial charge >= 0.3 is 0 Å². The SMILES string of the molecule is CNc1cc(C(=O)N2CCC(OC)C2)c2ccccc2n1. The summed E-state index contributed by atoms with van der Waals surface area (Å²) in [5.74, 6) is 0.754. The van der Waals surface area contributed by atoms with E-state index in [0.29, 0.717) is 17.9 Å². The zero-order valence-corrected chi connectivity index (χ0v) is 12.3. The van der Waals surface area contributed by atoms with Crippen LogP contribution in [0.25, 0.3) is 10.9 Å². The predicted molar refractivity (Wildman–Crippen MR) is 82.6 cm³/mol. The topological polar surface area (TPSA) is 54.5 Å². The van der Waals surface area contributed by atoms with E-state index in [0.717, 1.165) is 23.9 Å². The van der Waals surface area contributed by atoms with Crippen molar-refractivity contribution in [1.29, 1.82) is 0 Å². The molecule has 3 rings (SSSR count). The third-order valence-corrected chi connectivity index (χ3v) is 3.97. The van der Waals surface area contributed by atoms with Crippen molar-refractivity contribution in [3.8, 4) is 0 Å². The molecule has 1 aliphatic heterocycles. The quantitative estimate of drug-likeness (QED) is 0.938. The number of para-hydroxylation sites is 1. The normalized spacial score (nSPS) is 18.2. The minimum absolute atomic E-state index is 0.0460. The van der Waals surface area contributed by atoms with Crippen LogP contribution in [0.1, 0.15) is 16.8 Å². The van der Waals surface area contributed by atoms with Crippen LogP contribution in [0.4, 0.5) is 5.82 Å². The van der Waals surface area contributed by atoms with Crippen molar-refractivity contribution in [1.82, 2.24) is 9.88 Å². The van der Waals surface area contributed by atoms with Crippen LogP contribution in [-0.4, -0.2) is 49.1 Å². The Kier molecular flexibility index (Phi) is 3.75. The second-order valence-electron chi connectivity index (χ2n) is 5.22. The second kappa shape index (κ2) is 5.69. The van der Waals surface area contributed by atoms with E-state index in [1.54, 1.807) is 7.11 Å². The summed E-state index contributed by atoms with van der Waals surface area (Å²) in [6.45, 7) is 1.39. The standard InChI is InChI=1S/C16H19N3O2/c1-17-15-9-13(12-5-3-4-6-14(12)18-15)16(20)19-8-7-11(10-19)21-2/h3-6,9,11H,7-8,10H2,1-2H3,(H,17,18). The van der Waals surface area contributed by atoms with Crippen molar-refractivity contribution >= 4 is 22.6 Å². The number of nitrogens with one attached hydrogen (secondary N) is 1. The zero-order chi connectivity index (χ0) is 14.8. The number of methoxy groups -OCH3 is 1. The van der Waals surface area contributed by atoms with Crippen molar-refractivity contribution in [2.24, 2.45) is 0 Å². The molecule has 1 atom stereocenters. The summed E-state index contributed by atoms with van der Waals surface area (Å²) in [6, 6.07) is 9.56. The Morgan fingerprint density at radius 3 is 2.95 bits per heavy atom. The highest BCUT2D eigenvalue weighted by atomic mass is 16.5. The van der Waals surface area contributed by atoms with Crippen LogP contribution in [0.5, 0.6) is 0 Å². The molecule has 1 unspecified atom stereocenters. The van der Waals surface area contributed by atoms with E-state index in [-0.39, 0.29) is 12.0 Å². The number of fused-ring (bicyclic) bond motifs is 1. The van der Waals surface area contributed by atoms with Crippen molar-refractivity contribution in [2.45, 2.75) is 12.5 Å². The number of hydrogen-bond donors (Lipinski definition) is 1. The molecule has 1 aromatic carbocycles. The molecular formula is C16H19N3O2. The van der Waals surface area contributed by atoms with Gasteiger partial charge in [0, 0.05) is 32.6 Å². The predicted octanol–water partition coefficient (Wildman–Crippen LogP) is 2.14. The Morgan fingerprint density at radius 1 is 1.43 bits per heavy atom. The van der Waals surface area contributed by atoms with Crippen molar-refractivity contribution in [3.05, 3.63) is 35.9 Å². The van der Waals surface area contributed by atoms with Crippen LogP contribution in [0, 0.1) is 0 Å². The van der Waals surface area contributed by atoms with Crippen LogP contribution in [0.2, 0.25) is 0 Å². The van der Waals surface area contributed by atoms with Gasteiger partial charge in [-0.3, -0.25) is 4.79 Å². The largest absolute Gasteiger partial charge is 0.380 e. The summed E-state index contributed by atoms with van der Waals surface area (Å²) in [7, 11) is 3.50. The molecule has 1 N–H and O–H groups in total. The fourth-order valence-electron chi connectivity index (χ4n) is 2.76. The van der Waals surface area contributed by atoms with Crippen molar-refractivity contribution in [2.75, 3.05) is 32.6 Å². The summed E-state index contributed by atoms with van der Waals surface area (Å²) in [5.41, 5.74) is 1.52. The van der Waals surface area contributed by atoms with Gasteiger partial charge in [-0.15, -0.1) is 0 Å². The highest BCUT2D eigenvalue weighted by molar-refractivity contribution is 6.07. The molecule has 2 heterocycles. The van der Waals surface area contributed by atoms with E-state index in [4.69, 9.17) is 4.74 Å². The number of nitrogens with zero attached hydrogens (tertiary/aromatic N) is 2. The van der Waals surface area contributed by atoms with E-state index in [9.17, 15) is 4.79 Å². The molecule has 0 aliphatic carbocycles. The number of aromatic nitrogens is 1. The summed E-state index contributed by atoms with van der Waals surface area (Å²) < 4.78 is 5.34. The van der Waals surface area contributed by atoms with E-state index in [1.807, 2.05) is 42.3 Å². The molecule has 2 aromatic rings. The monoisotopic (exact) mass is 285 g/mol. The fraction of sp³-hybridized carbons (Fsp3) is 0.375. The summed E-state index contributed by atoms with van der Waals surface area (Å²) in [6.07, 6.45) is 1.04. The first kappa shape index (κ1) is 13.8. The molecule has 1 amide bonds. The molecule has 0 bridgehead atoms. The minimum atomic E-state index is 0.0460. The highest BCUT2D eigenvalue weighted by Crippen LogP contribution is 2.24. The highest BCUT2D eigenvalue weighted by Gasteiger charge is 2.28. The number of rotatable bonds is 3. The maximum absolute atomic E-state index is 12.8. The van der Waals surface area contributed by atoms with Gasteiger partial charge in [0.25, 0.3) is 5.91 Å². The van der Waals surface area contributed by atoms with Crippen LogP contribution >= 0.6 is 0 Å². The lowest BCUT2D eigenvalue weighted by atomic mass is 10.1. The second-order valence-corrected chi connectivity index (χ2v) is 5.22. The molecule has 0 saturated carbocycles. The third-order valence-electron chi connectivity index (χ3n) is 3.97. The molecule has 110 valence electrons. The smallest absolute Gasteiger partial charge is 0.254 e. The van der Waals surface area contributed by atoms with Gasteiger partial charge in [-0.2, -0.15) is 0 Å². The van der Waals surface area contributed by atoms with Gasteiger partial charge in [-0.25, -0.2) is 4.98 Å². The number of hydrogen-bond acceptors (Lipinski definition) is 4. The number of ether oxygens (including phenoxy) is 1. The third kappa shape index (κ3) is 2.56. The lowest BCUT2D eigenvalue weighted by Gasteiger charge is -2.18. The Bertz CT molecular complexity index is 672. The number of benzene rings is 1. The van der Waals surface area contributed by atoms with Crippen molar-refractivity contribution in [3.63, 3.8) is 0 Å². The number of likely N-dealkylation sites (tertiary alicyclic amines) is 1. The average Bonchev–Trinajstić information content (AvgIpc) is 3.02. The number of carbonyl (C=O) groups excluding carboxylic acids is 1. The fourth-order valence-corrected chi connectivity index (χ4v) is 2.76. The molecule has 5 nitrogen and oxygen atoms in total. The van der Waals surface area contributed by atoms with Crippen LogP contribution < -0.4 is 5.32 Å². The van der Waals surface area contributed by atoms with Gasteiger partial charge in [-0.05, 0) is 18.6 Å². The molecular weight excluding hydrogens is 266 g/mol. The van der Waals surface area contributed by atoms with Crippen LogP contribution in [0.3, 0.4) is 0 Å². The van der Waals surface area contributed by atoms with E-state index in [2.05, 4.69) is 10.3 Å². The Hall–Kier alpha value is -2.14. The van der Waals surface area contributed by atoms with Crippen molar-refractivity contribution < 1.29 is 9.53 Å². The first-order valence-electron chi connectivity index (χ1n) is 7.12. The molecule has 0 radical (unpaired) electrons. The number of pyridine rings is 1.